The summed E-state index contributed by atoms with van der Waals surface area (Å²) in [5, 5.41) is 19.5. The van der Waals surface area contributed by atoms with Crippen LogP contribution in [0.25, 0.3) is 16.6 Å². The van der Waals surface area contributed by atoms with Gasteiger partial charge in [0, 0.05) is 12.6 Å². The zero-order chi connectivity index (χ0) is 19.8. The van der Waals surface area contributed by atoms with E-state index in [1.807, 2.05) is 47.9 Å². The highest BCUT2D eigenvalue weighted by molar-refractivity contribution is 6.30. The van der Waals surface area contributed by atoms with Gasteiger partial charge >= 0.3 is 0 Å². The normalized spacial score (nSPS) is 14.2. The number of rotatable bonds is 5. The molecule has 0 bridgehead atoms. The molecule has 1 aliphatic heterocycles. The number of amidine groups is 1. The van der Waals surface area contributed by atoms with Gasteiger partial charge in [-0.05, 0) is 31.2 Å². The van der Waals surface area contributed by atoms with Gasteiger partial charge in [-0.25, -0.2) is 4.98 Å². The van der Waals surface area contributed by atoms with Crippen molar-refractivity contribution in [3.8, 4) is 11.5 Å². The lowest BCUT2D eigenvalue weighted by atomic mass is 10.2. The van der Waals surface area contributed by atoms with E-state index in [0.29, 0.717) is 35.1 Å². The van der Waals surface area contributed by atoms with Crippen LogP contribution in [0.5, 0.6) is 11.5 Å². The second-order valence-electron chi connectivity index (χ2n) is 6.46. The molecule has 2 aromatic carbocycles. The molecule has 28 heavy (non-hydrogen) atoms. The molecule has 0 atom stereocenters. The molecule has 144 valence electrons. The van der Waals surface area contributed by atoms with Gasteiger partial charge < -0.3 is 24.0 Å². The van der Waals surface area contributed by atoms with Gasteiger partial charge in [0.1, 0.15) is 28.9 Å². The number of fused-ring (bicyclic) bond motifs is 1. The Morgan fingerprint density at radius 1 is 1.14 bits per heavy atom. The Bertz CT molecular complexity index is 1100. The summed E-state index contributed by atoms with van der Waals surface area (Å²) in [6.45, 7) is 2.90. The maximum Gasteiger partial charge on any atom is 0.148 e. The minimum atomic E-state index is 0.118. The molecule has 0 saturated carbocycles. The first-order valence-corrected chi connectivity index (χ1v) is 9.05. The molecule has 7 nitrogen and oxygen atoms in total. The number of aromatic nitrogens is 2. The molecule has 0 aliphatic carbocycles. The molecule has 4 rings (SSSR count). The molecule has 0 fully saturated rings. The first-order valence-electron chi connectivity index (χ1n) is 9.05. The van der Waals surface area contributed by atoms with Gasteiger partial charge in [-0.15, -0.1) is 0 Å². The minimum Gasteiger partial charge on any atom is -0.509 e. The van der Waals surface area contributed by atoms with E-state index >= 15 is 0 Å². The summed E-state index contributed by atoms with van der Waals surface area (Å²) in [7, 11) is 3.16. The van der Waals surface area contributed by atoms with Gasteiger partial charge in [-0.1, -0.05) is 12.1 Å². The van der Waals surface area contributed by atoms with Crippen LogP contribution in [0.2, 0.25) is 0 Å². The van der Waals surface area contributed by atoms with Crippen molar-refractivity contribution in [2.24, 2.45) is 0 Å². The van der Waals surface area contributed by atoms with Crippen LogP contribution in [-0.4, -0.2) is 41.3 Å². The Morgan fingerprint density at radius 2 is 1.93 bits per heavy atom. The van der Waals surface area contributed by atoms with Crippen LogP contribution < -0.4 is 14.4 Å². The van der Waals surface area contributed by atoms with Crippen molar-refractivity contribution >= 4 is 28.1 Å². The summed E-state index contributed by atoms with van der Waals surface area (Å²) in [4.78, 5) is 6.40. The van der Waals surface area contributed by atoms with Crippen molar-refractivity contribution in [3.05, 3.63) is 54.0 Å². The number of aliphatic hydroxyl groups is 1. The standard InChI is InChI=1S/C21H22N4O3/c1-4-24-15-8-6-5-7-14(15)23-21(24)19-17(26)12-25(20(19)22)16-10-9-13(27-2)11-18(16)28-3/h5-11,22,26H,4,12H2,1-3H3. The number of nitrogens with zero attached hydrogens (tertiary/aromatic N) is 3. The van der Waals surface area contributed by atoms with Crippen molar-refractivity contribution in [1.29, 1.82) is 5.41 Å². The van der Waals surface area contributed by atoms with E-state index in [1.54, 1.807) is 25.2 Å². The molecule has 0 saturated heterocycles. The number of hydrogen-bond acceptors (Lipinski definition) is 5. The Labute approximate surface area is 162 Å². The second-order valence-corrected chi connectivity index (χ2v) is 6.46. The molecular formula is C21H22N4O3. The van der Waals surface area contributed by atoms with Crippen LogP contribution in [-0.2, 0) is 6.54 Å². The van der Waals surface area contributed by atoms with E-state index < -0.39 is 0 Å². The van der Waals surface area contributed by atoms with E-state index in [9.17, 15) is 5.11 Å². The van der Waals surface area contributed by atoms with Crippen molar-refractivity contribution in [1.82, 2.24) is 9.55 Å². The molecule has 1 aliphatic rings. The van der Waals surface area contributed by atoms with E-state index in [2.05, 4.69) is 0 Å². The number of anilines is 1. The number of nitrogens with one attached hydrogen (secondary N) is 1. The third-order valence-electron chi connectivity index (χ3n) is 4.98. The van der Waals surface area contributed by atoms with Crippen molar-refractivity contribution < 1.29 is 14.6 Å². The molecule has 0 unspecified atom stereocenters. The number of hydrogen-bond donors (Lipinski definition) is 2. The molecule has 0 amide bonds. The first kappa shape index (κ1) is 17.9. The molecule has 2 heterocycles. The molecule has 7 heteroatoms. The van der Waals surface area contributed by atoms with Gasteiger partial charge in [0.25, 0.3) is 0 Å². The Kier molecular flexibility index (Phi) is 4.43. The number of aliphatic hydroxyl groups excluding tert-OH is 1. The van der Waals surface area contributed by atoms with Gasteiger partial charge in [0.05, 0.1) is 43.1 Å². The average Bonchev–Trinajstić information content (AvgIpc) is 3.23. The van der Waals surface area contributed by atoms with Crippen LogP contribution in [0.1, 0.15) is 12.7 Å². The lowest BCUT2D eigenvalue weighted by molar-refractivity contribution is 0.393. The van der Waals surface area contributed by atoms with E-state index in [1.165, 1.54) is 0 Å². The van der Waals surface area contributed by atoms with Crippen LogP contribution in [0.15, 0.2) is 48.2 Å². The summed E-state index contributed by atoms with van der Waals surface area (Å²) < 4.78 is 12.7. The lowest BCUT2D eigenvalue weighted by Crippen LogP contribution is -2.27. The largest absolute Gasteiger partial charge is 0.509 e. The SMILES string of the molecule is CCn1c(C2=C(O)CN(c3ccc(OC)cc3OC)C2=N)nc2ccccc21. The number of para-hydroxylation sites is 2. The fraction of sp³-hybridized carbons (Fsp3) is 0.238. The number of aryl methyl sites for hydroxylation is 1. The summed E-state index contributed by atoms with van der Waals surface area (Å²) in [5.74, 6) is 2.14. The molecule has 0 spiro atoms. The topological polar surface area (TPSA) is 83.6 Å². The van der Waals surface area contributed by atoms with Crippen LogP contribution in [0.4, 0.5) is 5.69 Å². The van der Waals surface area contributed by atoms with E-state index in [0.717, 1.165) is 11.0 Å². The molecule has 2 N–H and O–H groups in total. The fourth-order valence-corrected chi connectivity index (χ4v) is 3.61. The van der Waals surface area contributed by atoms with Crippen LogP contribution in [0, 0.1) is 5.41 Å². The number of ether oxygens (including phenoxy) is 2. The van der Waals surface area contributed by atoms with Gasteiger partial charge in [0.15, 0.2) is 0 Å². The van der Waals surface area contributed by atoms with Crippen molar-refractivity contribution in [2.75, 3.05) is 25.7 Å². The van der Waals surface area contributed by atoms with Gasteiger partial charge in [0.2, 0.25) is 0 Å². The lowest BCUT2D eigenvalue weighted by Gasteiger charge is -2.22. The third kappa shape index (κ3) is 2.67. The van der Waals surface area contributed by atoms with Crippen molar-refractivity contribution in [3.63, 3.8) is 0 Å². The monoisotopic (exact) mass is 378 g/mol. The Hall–Kier alpha value is -3.48. The highest BCUT2D eigenvalue weighted by Gasteiger charge is 2.34. The van der Waals surface area contributed by atoms with E-state index in [4.69, 9.17) is 19.9 Å². The zero-order valence-corrected chi connectivity index (χ0v) is 16.1. The Balaban J connectivity index is 1.78. The summed E-state index contributed by atoms with van der Waals surface area (Å²) in [6, 6.07) is 13.2. The molecule has 1 aromatic heterocycles. The maximum absolute atomic E-state index is 10.7. The molecular weight excluding hydrogens is 356 g/mol. The van der Waals surface area contributed by atoms with Gasteiger partial charge in [-0.2, -0.15) is 0 Å². The number of methoxy groups -OCH3 is 2. The molecule has 3 aromatic rings. The summed E-state index contributed by atoms with van der Waals surface area (Å²) in [5.41, 5.74) is 2.95. The predicted molar refractivity (Wildman–Crippen MR) is 110 cm³/mol. The smallest absolute Gasteiger partial charge is 0.148 e. The predicted octanol–water partition coefficient (Wildman–Crippen LogP) is 3.84. The van der Waals surface area contributed by atoms with Crippen LogP contribution in [0.3, 0.4) is 0 Å². The maximum atomic E-state index is 10.7. The average molecular weight is 378 g/mol. The summed E-state index contributed by atoms with van der Waals surface area (Å²) >= 11 is 0. The summed E-state index contributed by atoms with van der Waals surface area (Å²) in [6.07, 6.45) is 0. The van der Waals surface area contributed by atoms with Crippen molar-refractivity contribution in [2.45, 2.75) is 13.5 Å². The van der Waals surface area contributed by atoms with E-state index in [-0.39, 0.29) is 18.1 Å². The first-order chi connectivity index (χ1) is 13.6. The quantitative estimate of drug-likeness (QED) is 0.705. The fourth-order valence-electron chi connectivity index (χ4n) is 3.61. The van der Waals surface area contributed by atoms with Gasteiger partial charge in [-0.3, -0.25) is 5.41 Å². The second kappa shape index (κ2) is 6.92. The number of benzene rings is 2. The highest BCUT2D eigenvalue weighted by atomic mass is 16.5. The number of imidazole rings is 1. The Morgan fingerprint density at radius 3 is 2.64 bits per heavy atom. The zero-order valence-electron chi connectivity index (χ0n) is 16.1. The third-order valence-corrected chi connectivity index (χ3v) is 4.98. The molecule has 0 radical (unpaired) electrons. The van der Waals surface area contributed by atoms with Crippen LogP contribution >= 0.6 is 0 Å². The minimum absolute atomic E-state index is 0.118. The highest BCUT2D eigenvalue weighted by Crippen LogP contribution is 2.38.